The molecule has 2 aromatic carbocycles. The zero-order chi connectivity index (χ0) is 16.9. The monoisotopic (exact) mass is 359 g/mol. The molecule has 0 aromatic heterocycles. The number of anilines is 1. The van der Waals surface area contributed by atoms with E-state index in [9.17, 15) is 18.0 Å². The van der Waals surface area contributed by atoms with Crippen molar-refractivity contribution in [2.24, 2.45) is 0 Å². The number of halogens is 4. The first-order valence-corrected chi connectivity index (χ1v) is 8.17. The van der Waals surface area contributed by atoms with Crippen molar-refractivity contribution in [2.45, 2.75) is 11.9 Å². The van der Waals surface area contributed by atoms with Crippen LogP contribution in [0.3, 0.4) is 0 Å². The number of hydrogen-bond donors (Lipinski definition) is 1. The highest BCUT2D eigenvalue weighted by Gasteiger charge is 2.30. The van der Waals surface area contributed by atoms with Crippen LogP contribution in [-0.2, 0) is 16.7 Å². The van der Waals surface area contributed by atoms with Crippen molar-refractivity contribution >= 4 is 35.0 Å². The van der Waals surface area contributed by atoms with Crippen molar-refractivity contribution in [1.29, 1.82) is 0 Å². The Bertz CT molecular complexity index is 691. The summed E-state index contributed by atoms with van der Waals surface area (Å²) in [5.41, 5.74) is 0.324. The highest BCUT2D eigenvalue weighted by Crippen LogP contribution is 2.30. The van der Waals surface area contributed by atoms with Crippen LogP contribution >= 0.6 is 23.4 Å². The quantitative estimate of drug-likeness (QED) is 0.791. The Morgan fingerprint density at radius 3 is 2.57 bits per heavy atom. The number of alkyl halides is 3. The minimum Gasteiger partial charge on any atom is -0.325 e. The van der Waals surface area contributed by atoms with Crippen molar-refractivity contribution in [3.05, 3.63) is 64.7 Å². The maximum Gasteiger partial charge on any atom is 0.416 e. The van der Waals surface area contributed by atoms with E-state index in [0.29, 0.717) is 10.8 Å². The Labute approximate surface area is 141 Å². The van der Waals surface area contributed by atoms with Gasteiger partial charge in [-0.3, -0.25) is 4.79 Å². The van der Waals surface area contributed by atoms with Gasteiger partial charge in [-0.15, -0.1) is 11.8 Å². The second-order valence-electron chi connectivity index (χ2n) is 4.75. The Kier molecular flexibility index (Phi) is 5.96. The van der Waals surface area contributed by atoms with Crippen LogP contribution in [0.25, 0.3) is 0 Å². The van der Waals surface area contributed by atoms with Crippen LogP contribution < -0.4 is 5.32 Å². The molecule has 7 heteroatoms. The molecule has 0 aliphatic rings. The molecule has 0 spiro atoms. The molecular weight excluding hydrogens is 347 g/mol. The summed E-state index contributed by atoms with van der Waals surface area (Å²) in [4.78, 5) is 11.8. The topological polar surface area (TPSA) is 29.1 Å². The van der Waals surface area contributed by atoms with Gasteiger partial charge in [0.1, 0.15) is 0 Å². The third kappa shape index (κ3) is 5.80. The molecule has 0 atom stereocenters. The van der Waals surface area contributed by atoms with Crippen molar-refractivity contribution in [1.82, 2.24) is 0 Å². The lowest BCUT2D eigenvalue weighted by molar-refractivity contribution is -0.137. The summed E-state index contributed by atoms with van der Waals surface area (Å²) in [6.07, 6.45) is -4.43. The van der Waals surface area contributed by atoms with Gasteiger partial charge in [-0.25, -0.2) is 0 Å². The van der Waals surface area contributed by atoms with Crippen LogP contribution in [0.2, 0.25) is 5.02 Å². The Morgan fingerprint density at radius 1 is 1.13 bits per heavy atom. The molecule has 0 aliphatic carbocycles. The second kappa shape index (κ2) is 7.75. The van der Waals surface area contributed by atoms with Crippen LogP contribution in [0, 0.1) is 0 Å². The minimum atomic E-state index is -4.43. The predicted molar refractivity (Wildman–Crippen MR) is 87.7 cm³/mol. The van der Waals surface area contributed by atoms with Crippen LogP contribution in [-0.4, -0.2) is 11.7 Å². The summed E-state index contributed by atoms with van der Waals surface area (Å²) in [6.45, 7) is 0. The molecule has 122 valence electrons. The normalized spacial score (nSPS) is 11.3. The van der Waals surface area contributed by atoms with E-state index in [0.717, 1.165) is 17.7 Å². The van der Waals surface area contributed by atoms with E-state index in [4.69, 9.17) is 11.6 Å². The Morgan fingerprint density at radius 2 is 1.87 bits per heavy atom. The molecule has 0 bridgehead atoms. The molecule has 1 amide bonds. The highest BCUT2D eigenvalue weighted by molar-refractivity contribution is 7.99. The second-order valence-corrected chi connectivity index (χ2v) is 6.17. The molecule has 0 heterocycles. The maximum atomic E-state index is 12.6. The van der Waals surface area contributed by atoms with Crippen molar-refractivity contribution in [3.63, 3.8) is 0 Å². The van der Waals surface area contributed by atoms with E-state index in [2.05, 4.69) is 5.32 Å². The van der Waals surface area contributed by atoms with E-state index in [-0.39, 0.29) is 17.3 Å². The first-order chi connectivity index (χ1) is 10.8. The Hall–Kier alpha value is -1.66. The van der Waals surface area contributed by atoms with Gasteiger partial charge in [0.2, 0.25) is 5.91 Å². The average Bonchev–Trinajstić information content (AvgIpc) is 2.46. The smallest absolute Gasteiger partial charge is 0.325 e. The fourth-order valence-electron chi connectivity index (χ4n) is 1.86. The fraction of sp³-hybridized carbons (Fsp3) is 0.188. The van der Waals surface area contributed by atoms with Gasteiger partial charge in [0.25, 0.3) is 0 Å². The zero-order valence-electron chi connectivity index (χ0n) is 11.9. The van der Waals surface area contributed by atoms with E-state index in [1.54, 1.807) is 12.1 Å². The first kappa shape index (κ1) is 17.7. The van der Waals surface area contributed by atoms with Gasteiger partial charge < -0.3 is 5.32 Å². The van der Waals surface area contributed by atoms with Gasteiger partial charge in [-0.05, 0) is 35.9 Å². The largest absolute Gasteiger partial charge is 0.416 e. The minimum absolute atomic E-state index is 0.133. The number of amides is 1. The summed E-state index contributed by atoms with van der Waals surface area (Å²) < 4.78 is 37.8. The van der Waals surface area contributed by atoms with Gasteiger partial charge in [-0.1, -0.05) is 29.8 Å². The molecule has 0 aliphatic heterocycles. The van der Waals surface area contributed by atoms with E-state index in [1.165, 1.54) is 23.9 Å². The number of thioether (sulfide) groups is 1. The molecule has 2 aromatic rings. The number of carbonyl (C=O) groups is 1. The van der Waals surface area contributed by atoms with E-state index in [1.807, 2.05) is 12.1 Å². The zero-order valence-corrected chi connectivity index (χ0v) is 13.4. The molecule has 0 fully saturated rings. The summed E-state index contributed by atoms with van der Waals surface area (Å²) in [5.74, 6) is 0.385. The van der Waals surface area contributed by atoms with Gasteiger partial charge >= 0.3 is 6.18 Å². The number of rotatable bonds is 5. The molecule has 2 nitrogen and oxygen atoms in total. The lowest BCUT2D eigenvalue weighted by Gasteiger charge is -2.10. The molecule has 0 radical (unpaired) electrons. The molecule has 2 rings (SSSR count). The summed E-state index contributed by atoms with van der Waals surface area (Å²) in [7, 11) is 0. The van der Waals surface area contributed by atoms with E-state index < -0.39 is 11.7 Å². The van der Waals surface area contributed by atoms with Crippen LogP contribution in [0.5, 0.6) is 0 Å². The summed E-state index contributed by atoms with van der Waals surface area (Å²) in [6, 6.07) is 11.8. The van der Waals surface area contributed by atoms with Crippen molar-refractivity contribution < 1.29 is 18.0 Å². The number of benzene rings is 2. The van der Waals surface area contributed by atoms with Crippen LogP contribution in [0.4, 0.5) is 18.9 Å². The van der Waals surface area contributed by atoms with Gasteiger partial charge in [0, 0.05) is 16.5 Å². The molecule has 0 saturated heterocycles. The highest BCUT2D eigenvalue weighted by atomic mass is 35.5. The predicted octanol–water partition coefficient (Wildman–Crippen LogP) is 5.23. The molecule has 0 saturated carbocycles. The van der Waals surface area contributed by atoms with Gasteiger partial charge in [0.05, 0.1) is 11.3 Å². The molecule has 1 N–H and O–H groups in total. The van der Waals surface area contributed by atoms with Crippen LogP contribution in [0.15, 0.2) is 48.5 Å². The lowest BCUT2D eigenvalue weighted by atomic mass is 10.2. The van der Waals surface area contributed by atoms with E-state index >= 15 is 0 Å². The standard InChI is InChI=1S/C16H13ClF3NOS/c17-13-5-1-3-11(7-13)9-23-10-15(22)21-14-6-2-4-12(8-14)16(18,19)20/h1-8H,9-10H2,(H,21,22). The molecule has 0 unspecified atom stereocenters. The number of carbonyl (C=O) groups excluding carboxylic acids is 1. The van der Waals surface area contributed by atoms with Crippen molar-refractivity contribution in [3.8, 4) is 0 Å². The third-order valence-corrected chi connectivity index (χ3v) is 4.10. The fourth-order valence-corrected chi connectivity index (χ4v) is 2.85. The summed E-state index contributed by atoms with van der Waals surface area (Å²) in [5, 5.41) is 3.09. The average molecular weight is 360 g/mol. The first-order valence-electron chi connectivity index (χ1n) is 6.64. The number of hydrogen-bond acceptors (Lipinski definition) is 2. The third-order valence-electron chi connectivity index (χ3n) is 2.86. The lowest BCUT2D eigenvalue weighted by Crippen LogP contribution is -2.15. The Balaban J connectivity index is 1.85. The maximum absolute atomic E-state index is 12.6. The summed E-state index contributed by atoms with van der Waals surface area (Å²) >= 11 is 7.22. The SMILES string of the molecule is O=C(CSCc1cccc(Cl)c1)Nc1cccc(C(F)(F)F)c1. The van der Waals surface area contributed by atoms with Crippen molar-refractivity contribution in [2.75, 3.05) is 11.1 Å². The number of nitrogens with one attached hydrogen (secondary N) is 1. The van der Waals surface area contributed by atoms with Gasteiger partial charge in [0.15, 0.2) is 0 Å². The van der Waals surface area contributed by atoms with Gasteiger partial charge in [-0.2, -0.15) is 13.2 Å². The molecule has 23 heavy (non-hydrogen) atoms. The van der Waals surface area contributed by atoms with Crippen LogP contribution in [0.1, 0.15) is 11.1 Å². The molecular formula is C16H13ClF3NOS.